The molecule has 19 heavy (non-hydrogen) atoms. The Morgan fingerprint density at radius 1 is 1.26 bits per heavy atom. The monoisotopic (exact) mass is 257 g/mol. The van der Waals surface area contributed by atoms with Crippen LogP contribution < -0.4 is 5.73 Å². The molecule has 100 valence electrons. The van der Waals surface area contributed by atoms with Crippen molar-refractivity contribution in [1.29, 1.82) is 0 Å². The lowest BCUT2D eigenvalue weighted by atomic mass is 10.3. The first-order valence-electron chi connectivity index (χ1n) is 7.18. The molecule has 0 saturated heterocycles. The Balaban J connectivity index is 1.84. The van der Waals surface area contributed by atoms with Crippen LogP contribution in [0.5, 0.6) is 0 Å². The topological polar surface area (TPSA) is 61.7 Å². The number of aromatic nitrogens is 4. The third kappa shape index (κ3) is 1.68. The third-order valence-electron chi connectivity index (χ3n) is 4.10. The first kappa shape index (κ1) is 11.1. The fourth-order valence-corrected chi connectivity index (χ4v) is 2.80. The second kappa shape index (κ2) is 3.85. The van der Waals surface area contributed by atoms with Gasteiger partial charge in [-0.1, -0.05) is 6.92 Å². The molecule has 2 aliphatic rings. The molecule has 0 spiro atoms. The van der Waals surface area contributed by atoms with Crippen molar-refractivity contribution >= 4 is 5.82 Å². The standard InChI is InChI=1S/C14H19N5/c1-2-12-17-13(14(15)19(12)10-5-6-10)11-7-16-8-18(11)9-3-4-9/h7-10H,2-6,15H2,1H3. The van der Waals surface area contributed by atoms with E-state index in [2.05, 4.69) is 21.0 Å². The summed E-state index contributed by atoms with van der Waals surface area (Å²) < 4.78 is 4.47. The Labute approximate surface area is 112 Å². The molecule has 0 atom stereocenters. The molecule has 2 aromatic heterocycles. The van der Waals surface area contributed by atoms with Crippen molar-refractivity contribution in [3.63, 3.8) is 0 Å². The van der Waals surface area contributed by atoms with Gasteiger partial charge in [-0.2, -0.15) is 0 Å². The van der Waals surface area contributed by atoms with Gasteiger partial charge < -0.3 is 14.9 Å². The molecule has 0 aliphatic heterocycles. The average molecular weight is 257 g/mol. The maximum atomic E-state index is 6.36. The van der Waals surface area contributed by atoms with Gasteiger partial charge in [-0.3, -0.25) is 0 Å². The third-order valence-corrected chi connectivity index (χ3v) is 4.10. The minimum atomic E-state index is 0.577. The normalized spacial score (nSPS) is 19.0. The van der Waals surface area contributed by atoms with Crippen molar-refractivity contribution in [3.05, 3.63) is 18.3 Å². The van der Waals surface area contributed by atoms with Crippen molar-refractivity contribution in [2.24, 2.45) is 0 Å². The summed E-state index contributed by atoms with van der Waals surface area (Å²) in [6, 6.07) is 1.18. The molecule has 0 bridgehead atoms. The summed E-state index contributed by atoms with van der Waals surface area (Å²) in [6.45, 7) is 2.14. The Bertz CT molecular complexity index is 616. The first-order chi connectivity index (χ1) is 9.29. The summed E-state index contributed by atoms with van der Waals surface area (Å²) in [5, 5.41) is 0. The minimum absolute atomic E-state index is 0.577. The zero-order valence-corrected chi connectivity index (χ0v) is 11.2. The van der Waals surface area contributed by atoms with Gasteiger partial charge in [0.1, 0.15) is 17.3 Å². The number of nitrogen functional groups attached to an aromatic ring is 1. The molecular weight excluding hydrogens is 238 g/mol. The molecule has 0 unspecified atom stereocenters. The van der Waals surface area contributed by atoms with E-state index in [0.717, 1.165) is 29.5 Å². The van der Waals surface area contributed by atoms with Gasteiger partial charge in [-0.05, 0) is 25.7 Å². The zero-order valence-electron chi connectivity index (χ0n) is 11.2. The summed E-state index contributed by atoms with van der Waals surface area (Å²) in [5.74, 6) is 1.93. The van der Waals surface area contributed by atoms with Crippen LogP contribution in [0.1, 0.15) is 50.5 Å². The van der Waals surface area contributed by atoms with Crippen LogP contribution in [0.3, 0.4) is 0 Å². The SMILES string of the molecule is CCc1nc(-c2cncn2C2CC2)c(N)n1C1CC1. The van der Waals surface area contributed by atoms with Crippen molar-refractivity contribution in [3.8, 4) is 11.4 Å². The molecule has 2 aromatic rings. The van der Waals surface area contributed by atoms with Crippen molar-refractivity contribution in [2.75, 3.05) is 5.73 Å². The summed E-state index contributed by atoms with van der Waals surface area (Å²) in [7, 11) is 0. The molecule has 2 aliphatic carbocycles. The van der Waals surface area contributed by atoms with E-state index in [4.69, 9.17) is 10.7 Å². The van der Waals surface area contributed by atoms with Crippen LogP contribution in [0.25, 0.3) is 11.4 Å². The molecule has 5 heteroatoms. The second-order valence-corrected chi connectivity index (χ2v) is 5.63. The number of rotatable bonds is 4. The molecule has 5 nitrogen and oxygen atoms in total. The fourth-order valence-electron chi connectivity index (χ4n) is 2.80. The number of aryl methyl sites for hydroxylation is 1. The molecule has 0 aromatic carbocycles. The molecule has 4 rings (SSSR count). The summed E-state index contributed by atoms with van der Waals surface area (Å²) in [5.41, 5.74) is 8.36. The lowest BCUT2D eigenvalue weighted by Gasteiger charge is -2.07. The maximum Gasteiger partial charge on any atom is 0.133 e. The van der Waals surface area contributed by atoms with Gasteiger partial charge in [0.25, 0.3) is 0 Å². The number of nitrogens with two attached hydrogens (primary N) is 1. The highest BCUT2D eigenvalue weighted by atomic mass is 15.2. The number of nitrogens with zero attached hydrogens (tertiary/aromatic N) is 4. The van der Waals surface area contributed by atoms with Crippen LogP contribution in [0.4, 0.5) is 5.82 Å². The lowest BCUT2D eigenvalue weighted by Crippen LogP contribution is -2.04. The lowest BCUT2D eigenvalue weighted by molar-refractivity contribution is 0.696. The smallest absolute Gasteiger partial charge is 0.133 e. The van der Waals surface area contributed by atoms with Gasteiger partial charge >= 0.3 is 0 Å². The summed E-state index contributed by atoms with van der Waals surface area (Å²) in [4.78, 5) is 9.06. The number of hydrogen-bond acceptors (Lipinski definition) is 3. The van der Waals surface area contributed by atoms with E-state index >= 15 is 0 Å². The Morgan fingerprint density at radius 3 is 2.63 bits per heavy atom. The molecular formula is C14H19N5. The van der Waals surface area contributed by atoms with E-state index in [-0.39, 0.29) is 0 Å². The second-order valence-electron chi connectivity index (χ2n) is 5.63. The number of hydrogen-bond donors (Lipinski definition) is 1. The fraction of sp³-hybridized carbons (Fsp3) is 0.571. The molecule has 2 fully saturated rings. The summed E-state index contributed by atoms with van der Waals surface area (Å²) in [6.07, 6.45) is 9.68. The first-order valence-corrected chi connectivity index (χ1v) is 7.18. The van der Waals surface area contributed by atoms with E-state index in [1.54, 1.807) is 0 Å². The van der Waals surface area contributed by atoms with Gasteiger partial charge in [0.2, 0.25) is 0 Å². The molecule has 0 radical (unpaired) electrons. The van der Waals surface area contributed by atoms with Crippen LogP contribution in [0.15, 0.2) is 12.5 Å². The highest BCUT2D eigenvalue weighted by Gasteiger charge is 2.32. The average Bonchev–Trinajstić information content (AvgIpc) is 3.34. The van der Waals surface area contributed by atoms with E-state index in [0.29, 0.717) is 12.1 Å². The van der Waals surface area contributed by atoms with E-state index in [9.17, 15) is 0 Å². The van der Waals surface area contributed by atoms with Crippen LogP contribution >= 0.6 is 0 Å². The minimum Gasteiger partial charge on any atom is -0.383 e. The molecule has 2 saturated carbocycles. The van der Waals surface area contributed by atoms with Crippen LogP contribution in [-0.4, -0.2) is 19.1 Å². The Morgan fingerprint density at radius 2 is 2.00 bits per heavy atom. The van der Waals surface area contributed by atoms with Crippen LogP contribution in [-0.2, 0) is 6.42 Å². The van der Waals surface area contributed by atoms with Crippen molar-refractivity contribution in [2.45, 2.75) is 51.1 Å². The van der Waals surface area contributed by atoms with Gasteiger partial charge in [0, 0.05) is 18.5 Å². The van der Waals surface area contributed by atoms with Gasteiger partial charge in [-0.25, -0.2) is 9.97 Å². The molecule has 2 heterocycles. The largest absolute Gasteiger partial charge is 0.383 e. The Kier molecular flexibility index (Phi) is 2.25. The highest BCUT2D eigenvalue weighted by Crippen LogP contribution is 2.43. The quantitative estimate of drug-likeness (QED) is 0.915. The zero-order chi connectivity index (χ0) is 13.0. The van der Waals surface area contributed by atoms with E-state index < -0.39 is 0 Å². The predicted octanol–water partition coefficient (Wildman–Crippen LogP) is 2.56. The van der Waals surface area contributed by atoms with E-state index in [1.807, 2.05) is 12.5 Å². The molecule has 2 N–H and O–H groups in total. The van der Waals surface area contributed by atoms with Gasteiger partial charge in [-0.15, -0.1) is 0 Å². The van der Waals surface area contributed by atoms with Crippen LogP contribution in [0.2, 0.25) is 0 Å². The maximum absolute atomic E-state index is 6.36. The van der Waals surface area contributed by atoms with Gasteiger partial charge in [0.15, 0.2) is 0 Å². The van der Waals surface area contributed by atoms with E-state index in [1.165, 1.54) is 25.7 Å². The Hall–Kier alpha value is -1.78. The molecule has 0 amide bonds. The summed E-state index contributed by atoms with van der Waals surface area (Å²) >= 11 is 0. The van der Waals surface area contributed by atoms with Crippen LogP contribution in [0, 0.1) is 0 Å². The van der Waals surface area contributed by atoms with Crippen molar-refractivity contribution < 1.29 is 0 Å². The number of anilines is 1. The number of imidazole rings is 2. The van der Waals surface area contributed by atoms with Crippen molar-refractivity contribution in [1.82, 2.24) is 19.1 Å². The predicted molar refractivity (Wildman–Crippen MR) is 73.8 cm³/mol. The van der Waals surface area contributed by atoms with Gasteiger partial charge in [0.05, 0.1) is 18.2 Å². The highest BCUT2D eigenvalue weighted by molar-refractivity contribution is 5.68.